The first-order valence-electron chi connectivity index (χ1n) is 10.2. The van der Waals surface area contributed by atoms with Crippen LogP contribution in [0, 0.1) is 0 Å². The molecule has 0 aliphatic heterocycles. The largest absolute Gasteiger partial charge is 1.00 e. The van der Waals surface area contributed by atoms with Crippen LogP contribution in [0.15, 0.2) is 0 Å². The Morgan fingerprint density at radius 2 is 0.870 bits per heavy atom. The summed E-state index contributed by atoms with van der Waals surface area (Å²) in [6.45, 7) is 12.5. The normalized spacial score (nSPS) is 11.5. The average molecular weight is 457 g/mol. The minimum Gasteiger partial charge on any atom is -1.00 e. The standard InChI is InChI=1S/C20H43BrN.BrH/c1-4-7-10-13-17-22(20-16-21,18-14-11-8-5-2)19-15-12-9-6-3;/h4-20H2,1-3H3;1H/q+1;/p-1. The lowest BCUT2D eigenvalue weighted by atomic mass is 10.1. The number of alkyl halides is 1. The minimum absolute atomic E-state index is 0. The van der Waals surface area contributed by atoms with E-state index in [9.17, 15) is 0 Å². The number of quaternary nitrogens is 1. The number of unbranched alkanes of at least 4 members (excludes halogenated alkanes) is 9. The van der Waals surface area contributed by atoms with E-state index < -0.39 is 0 Å². The van der Waals surface area contributed by atoms with Gasteiger partial charge in [-0.3, -0.25) is 0 Å². The van der Waals surface area contributed by atoms with Gasteiger partial charge in [-0.15, -0.1) is 0 Å². The number of rotatable bonds is 17. The Morgan fingerprint density at radius 1 is 0.522 bits per heavy atom. The summed E-state index contributed by atoms with van der Waals surface area (Å²) in [5.74, 6) is 0. The molecular formula is C20H43Br2N. The van der Waals surface area contributed by atoms with Crippen LogP contribution in [0.25, 0.3) is 0 Å². The minimum atomic E-state index is 0. The zero-order chi connectivity index (χ0) is 16.5. The van der Waals surface area contributed by atoms with Crippen molar-refractivity contribution in [2.24, 2.45) is 0 Å². The molecule has 142 valence electrons. The first-order chi connectivity index (χ1) is 10.7. The van der Waals surface area contributed by atoms with E-state index in [4.69, 9.17) is 0 Å². The topological polar surface area (TPSA) is 0 Å². The van der Waals surface area contributed by atoms with Crippen molar-refractivity contribution in [3.63, 3.8) is 0 Å². The van der Waals surface area contributed by atoms with Crippen molar-refractivity contribution in [3.05, 3.63) is 0 Å². The lowest BCUT2D eigenvalue weighted by Gasteiger charge is -2.39. The smallest absolute Gasteiger partial charge is 0.0885 e. The van der Waals surface area contributed by atoms with Crippen LogP contribution in [0.2, 0.25) is 0 Å². The van der Waals surface area contributed by atoms with Crippen LogP contribution in [-0.4, -0.2) is 36.0 Å². The van der Waals surface area contributed by atoms with E-state index in [1.54, 1.807) is 0 Å². The summed E-state index contributed by atoms with van der Waals surface area (Å²) in [4.78, 5) is 0. The van der Waals surface area contributed by atoms with Gasteiger partial charge < -0.3 is 21.5 Å². The molecule has 0 radical (unpaired) electrons. The molecule has 23 heavy (non-hydrogen) atoms. The van der Waals surface area contributed by atoms with Gasteiger partial charge in [0.05, 0.1) is 31.5 Å². The van der Waals surface area contributed by atoms with Crippen molar-refractivity contribution in [2.45, 2.75) is 97.8 Å². The predicted molar refractivity (Wildman–Crippen MR) is 106 cm³/mol. The monoisotopic (exact) mass is 455 g/mol. The Morgan fingerprint density at radius 3 is 1.13 bits per heavy atom. The number of nitrogens with zero attached hydrogens (tertiary/aromatic N) is 1. The van der Waals surface area contributed by atoms with Crippen LogP contribution < -0.4 is 17.0 Å². The van der Waals surface area contributed by atoms with E-state index in [2.05, 4.69) is 36.7 Å². The molecule has 0 unspecified atom stereocenters. The fraction of sp³-hybridized carbons (Fsp3) is 1.00. The highest BCUT2D eigenvalue weighted by molar-refractivity contribution is 9.09. The second kappa shape index (κ2) is 19.2. The Hall–Kier alpha value is 0.920. The third-order valence-electron chi connectivity index (χ3n) is 5.02. The Labute approximate surface area is 166 Å². The first kappa shape index (κ1) is 26.2. The SMILES string of the molecule is CCCCCC[N+](CCBr)(CCCCCC)CCCCCC.[Br-]. The highest BCUT2D eigenvalue weighted by atomic mass is 79.9. The summed E-state index contributed by atoms with van der Waals surface area (Å²) in [5, 5.41) is 1.17. The first-order valence-corrected chi connectivity index (χ1v) is 11.3. The van der Waals surface area contributed by atoms with Gasteiger partial charge in [0.2, 0.25) is 0 Å². The summed E-state index contributed by atoms with van der Waals surface area (Å²) in [6.07, 6.45) is 16.9. The Kier molecular flexibility index (Phi) is 21.9. The zero-order valence-corrected chi connectivity index (χ0v) is 19.4. The zero-order valence-electron chi connectivity index (χ0n) is 16.2. The van der Waals surface area contributed by atoms with Gasteiger partial charge in [-0.25, -0.2) is 0 Å². The molecule has 0 saturated carbocycles. The van der Waals surface area contributed by atoms with Crippen LogP contribution in [-0.2, 0) is 0 Å². The van der Waals surface area contributed by atoms with Crippen molar-refractivity contribution < 1.29 is 21.5 Å². The van der Waals surface area contributed by atoms with Crippen LogP contribution >= 0.6 is 15.9 Å². The number of halogens is 2. The maximum Gasteiger partial charge on any atom is 0.0885 e. The molecule has 0 rings (SSSR count). The van der Waals surface area contributed by atoms with Gasteiger partial charge in [0.25, 0.3) is 0 Å². The molecule has 0 spiro atoms. The van der Waals surface area contributed by atoms with Crippen molar-refractivity contribution in [1.82, 2.24) is 0 Å². The molecule has 0 bridgehead atoms. The number of hydrogen-bond acceptors (Lipinski definition) is 0. The molecule has 0 atom stereocenters. The van der Waals surface area contributed by atoms with Crippen molar-refractivity contribution in [3.8, 4) is 0 Å². The molecule has 0 N–H and O–H groups in total. The lowest BCUT2D eigenvalue weighted by Crippen LogP contribution is -3.00. The number of hydrogen-bond donors (Lipinski definition) is 0. The van der Waals surface area contributed by atoms with E-state index in [1.165, 1.54) is 113 Å². The molecule has 0 aromatic rings. The average Bonchev–Trinajstić information content (AvgIpc) is 2.53. The van der Waals surface area contributed by atoms with Gasteiger partial charge >= 0.3 is 0 Å². The van der Waals surface area contributed by atoms with E-state index >= 15 is 0 Å². The quantitative estimate of drug-likeness (QED) is 0.176. The van der Waals surface area contributed by atoms with E-state index in [0.29, 0.717) is 0 Å². The van der Waals surface area contributed by atoms with Gasteiger partial charge in [0.1, 0.15) is 0 Å². The molecule has 0 saturated heterocycles. The van der Waals surface area contributed by atoms with E-state index in [1.807, 2.05) is 0 Å². The van der Waals surface area contributed by atoms with Crippen molar-refractivity contribution in [2.75, 3.05) is 31.5 Å². The van der Waals surface area contributed by atoms with E-state index in [0.717, 1.165) is 0 Å². The third kappa shape index (κ3) is 14.9. The summed E-state index contributed by atoms with van der Waals surface area (Å²) in [6, 6.07) is 0. The van der Waals surface area contributed by atoms with Crippen LogP contribution in [0.3, 0.4) is 0 Å². The van der Waals surface area contributed by atoms with Gasteiger partial charge in [0, 0.05) is 0 Å². The van der Waals surface area contributed by atoms with Crippen molar-refractivity contribution >= 4 is 15.9 Å². The van der Waals surface area contributed by atoms with Crippen LogP contribution in [0.1, 0.15) is 97.8 Å². The maximum atomic E-state index is 3.74. The van der Waals surface area contributed by atoms with Gasteiger partial charge in [-0.2, -0.15) is 0 Å². The molecule has 0 amide bonds. The van der Waals surface area contributed by atoms with Gasteiger partial charge in [-0.05, 0) is 38.5 Å². The summed E-state index contributed by atoms with van der Waals surface area (Å²) in [5.41, 5.74) is 0. The van der Waals surface area contributed by atoms with Gasteiger partial charge in [0.15, 0.2) is 0 Å². The molecule has 0 aliphatic carbocycles. The molecule has 0 fully saturated rings. The Bertz CT molecular complexity index is 190. The fourth-order valence-corrected chi connectivity index (χ4v) is 4.22. The molecule has 0 aromatic carbocycles. The molecule has 0 heterocycles. The summed E-state index contributed by atoms with van der Waals surface area (Å²) < 4.78 is 1.39. The second-order valence-electron chi connectivity index (χ2n) is 7.11. The van der Waals surface area contributed by atoms with Crippen LogP contribution in [0.5, 0.6) is 0 Å². The molecular weight excluding hydrogens is 414 g/mol. The van der Waals surface area contributed by atoms with E-state index in [-0.39, 0.29) is 17.0 Å². The lowest BCUT2D eigenvalue weighted by molar-refractivity contribution is -0.926. The highest BCUT2D eigenvalue weighted by Crippen LogP contribution is 2.18. The second-order valence-corrected chi connectivity index (χ2v) is 7.90. The molecule has 3 heteroatoms. The summed E-state index contributed by atoms with van der Waals surface area (Å²) >= 11 is 3.74. The molecule has 0 aliphatic rings. The third-order valence-corrected chi connectivity index (χ3v) is 5.37. The molecule has 0 aromatic heterocycles. The highest BCUT2D eigenvalue weighted by Gasteiger charge is 2.25. The predicted octanol–water partition coefficient (Wildman–Crippen LogP) is 3.94. The Balaban J connectivity index is 0. The van der Waals surface area contributed by atoms with Crippen molar-refractivity contribution in [1.29, 1.82) is 0 Å². The van der Waals surface area contributed by atoms with Gasteiger partial charge in [-0.1, -0.05) is 75.2 Å². The maximum absolute atomic E-state index is 3.74. The summed E-state index contributed by atoms with van der Waals surface area (Å²) in [7, 11) is 0. The van der Waals surface area contributed by atoms with Crippen LogP contribution in [0.4, 0.5) is 0 Å². The molecule has 1 nitrogen and oxygen atoms in total. The fourth-order valence-electron chi connectivity index (χ4n) is 3.47.